The monoisotopic (exact) mass is 552 g/mol. The molecule has 2 atom stereocenters. The molecule has 0 fully saturated rings. The van der Waals surface area contributed by atoms with E-state index in [1.54, 1.807) is 0 Å². The van der Waals surface area contributed by atoms with Crippen molar-refractivity contribution in [3.63, 3.8) is 0 Å². The molecule has 0 nitrogen and oxygen atoms in total. The maximum Gasteiger partial charge on any atom is 0.456 e. The number of alkyl halides is 21. The molecule has 0 aliphatic carbocycles. The van der Waals surface area contributed by atoms with E-state index in [4.69, 9.17) is 0 Å². The van der Waals surface area contributed by atoms with Crippen LogP contribution in [0.5, 0.6) is 0 Å². The molecule has 0 rings (SSSR count). The zero-order chi connectivity index (χ0) is 27.9. The van der Waals surface area contributed by atoms with Gasteiger partial charge in [-0.3, -0.25) is 0 Å². The smallest absolute Gasteiger partial charge is 0.248 e. The normalized spacial score (nSPS) is 15.8. The highest BCUT2D eigenvalue weighted by molar-refractivity contribution is 4.84. The molecule has 0 aromatic heterocycles. The van der Waals surface area contributed by atoms with Crippen molar-refractivity contribution in [3.8, 4) is 0 Å². The highest BCUT2D eigenvalue weighted by Crippen LogP contribution is 2.40. The van der Waals surface area contributed by atoms with Gasteiger partial charge in [-0.25, -0.2) is 35.1 Å². The lowest BCUT2D eigenvalue weighted by molar-refractivity contribution is -0.304. The van der Waals surface area contributed by atoms with Gasteiger partial charge in [0.25, 0.3) is 6.17 Å². The van der Waals surface area contributed by atoms with Gasteiger partial charge in [0.15, 0.2) is 6.67 Å². The van der Waals surface area contributed by atoms with Crippen molar-refractivity contribution in [2.75, 3.05) is 13.3 Å². The Morgan fingerprint density at radius 1 is 0.545 bits per heavy atom. The Morgan fingerprint density at radius 2 is 0.909 bits per heavy atom. The van der Waals surface area contributed by atoms with Crippen LogP contribution in [0.2, 0.25) is 0 Å². The Bertz CT molecular complexity index is 525. The minimum absolute atomic E-state index is 2.35. The van der Waals surface area contributed by atoms with E-state index in [2.05, 4.69) is 0 Å². The van der Waals surface area contributed by atoms with Crippen molar-refractivity contribution in [3.05, 3.63) is 0 Å². The first kappa shape index (κ1) is 36.1. The Kier molecular flexibility index (Phi) is 13.5. The molecule has 21 heteroatoms. The van der Waals surface area contributed by atoms with Crippen LogP contribution in [0.3, 0.4) is 0 Å². The number of rotatable bonds is 6. The summed E-state index contributed by atoms with van der Waals surface area (Å²) in [5.74, 6) is -15.9. The molecule has 0 aliphatic heterocycles. The summed E-state index contributed by atoms with van der Waals surface area (Å²) in [6.07, 6.45) is -32.0. The molecule has 0 bridgehead atoms. The van der Waals surface area contributed by atoms with Gasteiger partial charge in [0, 0.05) is 0 Å². The summed E-state index contributed by atoms with van der Waals surface area (Å²) >= 11 is 0. The maximum atomic E-state index is 11.6. The fraction of sp³-hybridized carbons (Fsp3) is 1.00. The third kappa shape index (κ3) is 12.5. The standard InChI is InChI=1S/3C4H3F7/c5-1-3(7,8)2(6)4(9,10)11;5-1-2(6)3(7,8)4(9,10)11;5-2(6)1-3(7,8)4(9,10)11/h3*2H,1H2. The van der Waals surface area contributed by atoms with Gasteiger partial charge in [-0.1, -0.05) is 0 Å². The second kappa shape index (κ2) is 12.3. The summed E-state index contributed by atoms with van der Waals surface area (Å²) in [6.45, 7) is -5.01. The van der Waals surface area contributed by atoms with E-state index in [9.17, 15) is 92.2 Å². The van der Waals surface area contributed by atoms with Crippen molar-refractivity contribution in [1.29, 1.82) is 0 Å². The Hall–Kier alpha value is -1.47. The molecule has 33 heavy (non-hydrogen) atoms. The maximum absolute atomic E-state index is 11.6. The topological polar surface area (TPSA) is 0 Å². The van der Waals surface area contributed by atoms with Gasteiger partial charge in [-0.05, 0) is 0 Å². The molecular formula is C12H9F21. The van der Waals surface area contributed by atoms with Gasteiger partial charge < -0.3 is 0 Å². The van der Waals surface area contributed by atoms with Crippen LogP contribution in [-0.4, -0.2) is 68.4 Å². The lowest BCUT2D eigenvalue weighted by Gasteiger charge is -2.20. The molecular weight excluding hydrogens is 543 g/mol. The zero-order valence-corrected chi connectivity index (χ0v) is 14.8. The lowest BCUT2D eigenvalue weighted by Crippen LogP contribution is -2.45. The van der Waals surface area contributed by atoms with Crippen molar-refractivity contribution in [1.82, 2.24) is 0 Å². The summed E-state index contributed by atoms with van der Waals surface area (Å²) < 4.78 is 237. The van der Waals surface area contributed by atoms with Crippen molar-refractivity contribution >= 4 is 0 Å². The van der Waals surface area contributed by atoms with Gasteiger partial charge in [0.05, 0.1) is 6.42 Å². The molecule has 0 aromatic carbocycles. The first-order valence-electron chi connectivity index (χ1n) is 7.13. The van der Waals surface area contributed by atoms with Crippen LogP contribution in [0.15, 0.2) is 0 Å². The predicted octanol–water partition coefficient (Wildman–Crippen LogP) is 7.82. The van der Waals surface area contributed by atoms with E-state index in [1.807, 2.05) is 0 Å². The summed E-state index contributed by atoms with van der Waals surface area (Å²) in [5, 5.41) is 0. The van der Waals surface area contributed by atoms with E-state index in [-0.39, 0.29) is 0 Å². The molecule has 0 saturated heterocycles. The zero-order valence-electron chi connectivity index (χ0n) is 14.8. The Labute approximate surface area is 168 Å². The second-order valence-corrected chi connectivity index (χ2v) is 5.34. The fourth-order valence-electron chi connectivity index (χ4n) is 0.891. The van der Waals surface area contributed by atoms with Crippen LogP contribution in [0.4, 0.5) is 92.2 Å². The van der Waals surface area contributed by atoms with Gasteiger partial charge in [0.1, 0.15) is 6.67 Å². The SMILES string of the molecule is FC(F)CC(F)(F)C(F)(F)F.FCC(F)(F)C(F)C(F)(F)F.FCC(F)C(F)(F)C(F)(F)F. The second-order valence-electron chi connectivity index (χ2n) is 5.34. The summed E-state index contributed by atoms with van der Waals surface area (Å²) in [4.78, 5) is 0. The molecule has 0 amide bonds. The fourth-order valence-corrected chi connectivity index (χ4v) is 0.891. The van der Waals surface area contributed by atoms with Gasteiger partial charge >= 0.3 is 36.3 Å². The van der Waals surface area contributed by atoms with Crippen molar-refractivity contribution in [2.45, 2.75) is 61.5 Å². The van der Waals surface area contributed by atoms with Crippen LogP contribution in [0, 0.1) is 0 Å². The van der Waals surface area contributed by atoms with Crippen LogP contribution in [0.1, 0.15) is 6.42 Å². The molecule has 0 N–H and O–H groups in total. The molecule has 0 aliphatic rings. The lowest BCUT2D eigenvalue weighted by atomic mass is 10.2. The van der Waals surface area contributed by atoms with Crippen LogP contribution < -0.4 is 0 Å². The Morgan fingerprint density at radius 3 is 1.00 bits per heavy atom. The minimum Gasteiger partial charge on any atom is -0.248 e. The molecule has 0 aromatic rings. The van der Waals surface area contributed by atoms with Crippen molar-refractivity contribution < 1.29 is 92.2 Å². The molecule has 0 saturated carbocycles. The van der Waals surface area contributed by atoms with Crippen LogP contribution in [0.25, 0.3) is 0 Å². The molecule has 2 unspecified atom stereocenters. The highest BCUT2D eigenvalue weighted by Gasteiger charge is 2.63. The molecule has 0 heterocycles. The van der Waals surface area contributed by atoms with E-state index in [0.29, 0.717) is 0 Å². The highest BCUT2D eigenvalue weighted by atomic mass is 19.4. The minimum atomic E-state index is -6.03. The van der Waals surface area contributed by atoms with Crippen LogP contribution in [-0.2, 0) is 0 Å². The number of halogens is 21. The van der Waals surface area contributed by atoms with E-state index in [1.165, 1.54) is 0 Å². The van der Waals surface area contributed by atoms with E-state index >= 15 is 0 Å². The summed E-state index contributed by atoms with van der Waals surface area (Å²) in [5.41, 5.74) is 0. The van der Waals surface area contributed by atoms with Gasteiger partial charge in [0.2, 0.25) is 12.6 Å². The quantitative estimate of drug-likeness (QED) is 0.295. The first-order chi connectivity index (χ1) is 14.1. The Balaban J connectivity index is -0.000000409. The van der Waals surface area contributed by atoms with E-state index < -0.39 is 74.8 Å². The largest absolute Gasteiger partial charge is 0.456 e. The van der Waals surface area contributed by atoms with E-state index in [0.717, 1.165) is 0 Å². The van der Waals surface area contributed by atoms with Gasteiger partial charge in [-0.2, -0.15) is 57.1 Å². The number of hydrogen-bond acceptors (Lipinski definition) is 0. The third-order valence-corrected chi connectivity index (χ3v) is 2.57. The summed E-state index contributed by atoms with van der Waals surface area (Å²) in [6, 6.07) is 0. The molecule has 204 valence electrons. The van der Waals surface area contributed by atoms with Crippen molar-refractivity contribution in [2.24, 2.45) is 0 Å². The van der Waals surface area contributed by atoms with Gasteiger partial charge in [-0.15, -0.1) is 0 Å². The molecule has 0 radical (unpaired) electrons. The average Bonchev–Trinajstić information content (AvgIpc) is 2.57. The average molecular weight is 552 g/mol. The number of hydrogen-bond donors (Lipinski definition) is 0. The molecule has 0 spiro atoms. The van der Waals surface area contributed by atoms with Crippen LogP contribution >= 0.6 is 0 Å². The first-order valence-corrected chi connectivity index (χ1v) is 7.13. The summed E-state index contributed by atoms with van der Waals surface area (Å²) in [7, 11) is 0. The third-order valence-electron chi connectivity index (χ3n) is 2.57. The predicted molar refractivity (Wildman–Crippen MR) is 65.4 cm³/mol.